The smallest absolute Gasteiger partial charge is 0.339 e. The largest absolute Gasteiger partial charge is 0.441 e. The molecule has 0 aliphatic rings. The van der Waals surface area contributed by atoms with Crippen molar-refractivity contribution in [2.24, 2.45) is 0 Å². The van der Waals surface area contributed by atoms with E-state index in [1.807, 2.05) is 0 Å². The van der Waals surface area contributed by atoms with Crippen molar-refractivity contribution < 1.29 is 30.5 Å². The lowest BCUT2D eigenvalue weighted by molar-refractivity contribution is -0.284. The molecule has 0 aromatic heterocycles. The third kappa shape index (κ3) is 5.05. The number of ether oxygens (including phenoxy) is 1. The van der Waals surface area contributed by atoms with E-state index in [1.165, 1.54) is 18.2 Å². The van der Waals surface area contributed by atoms with Crippen molar-refractivity contribution in [3.05, 3.63) is 66.2 Å². The second-order valence-corrected chi connectivity index (χ2v) is 6.11. The number of alkyl halides is 3. The molecule has 0 N–H and O–H groups in total. The van der Waals surface area contributed by atoms with E-state index in [2.05, 4.69) is 8.92 Å². The van der Waals surface area contributed by atoms with Crippen LogP contribution in [0.4, 0.5) is 13.2 Å². The minimum Gasteiger partial charge on any atom is -0.339 e. The van der Waals surface area contributed by atoms with Crippen LogP contribution in [-0.2, 0) is 25.6 Å². The molecule has 0 saturated carbocycles. The third-order valence-corrected chi connectivity index (χ3v) is 4.04. The van der Waals surface area contributed by atoms with Gasteiger partial charge in [-0.2, -0.15) is 21.6 Å². The third-order valence-electron chi connectivity index (χ3n) is 2.76. The van der Waals surface area contributed by atoms with E-state index in [9.17, 15) is 21.6 Å². The first kappa shape index (κ1) is 17.5. The van der Waals surface area contributed by atoms with Crippen LogP contribution in [-0.4, -0.2) is 20.9 Å². The summed E-state index contributed by atoms with van der Waals surface area (Å²) in [5.41, 5.74) is 0.461. The highest BCUT2D eigenvalue weighted by molar-refractivity contribution is 7.86. The van der Waals surface area contributed by atoms with Crippen LogP contribution in [0.15, 0.2) is 65.6 Å². The van der Waals surface area contributed by atoms with Gasteiger partial charge in [-0.3, -0.25) is 0 Å². The van der Waals surface area contributed by atoms with Crippen molar-refractivity contribution in [3.8, 4) is 0 Å². The molecule has 2 aromatic carbocycles. The van der Waals surface area contributed by atoms with Crippen molar-refractivity contribution in [2.45, 2.75) is 24.0 Å². The van der Waals surface area contributed by atoms with E-state index in [4.69, 9.17) is 0 Å². The predicted molar refractivity (Wildman–Crippen MR) is 75.8 cm³/mol. The van der Waals surface area contributed by atoms with Gasteiger partial charge in [0.15, 0.2) is 0 Å². The highest BCUT2D eigenvalue weighted by atomic mass is 32.2. The van der Waals surface area contributed by atoms with Crippen molar-refractivity contribution in [3.63, 3.8) is 0 Å². The molecule has 0 heterocycles. The lowest BCUT2D eigenvalue weighted by Crippen LogP contribution is -2.36. The molecule has 0 radical (unpaired) electrons. The molecule has 0 aliphatic heterocycles. The SMILES string of the molecule is O=S(=O)(O[C@H](OCc1ccccc1)C(F)(F)F)c1ccccc1. The fraction of sp³-hybridized carbons (Fsp3) is 0.200. The van der Waals surface area contributed by atoms with E-state index >= 15 is 0 Å². The maximum absolute atomic E-state index is 13.0. The summed E-state index contributed by atoms with van der Waals surface area (Å²) in [4.78, 5) is -0.377. The molecule has 23 heavy (non-hydrogen) atoms. The highest BCUT2D eigenvalue weighted by Gasteiger charge is 2.45. The summed E-state index contributed by atoms with van der Waals surface area (Å²) in [6.45, 7) is -0.435. The van der Waals surface area contributed by atoms with Crippen LogP contribution in [0.1, 0.15) is 5.56 Å². The van der Waals surface area contributed by atoms with E-state index in [0.717, 1.165) is 12.1 Å². The summed E-state index contributed by atoms with van der Waals surface area (Å²) in [7, 11) is -4.59. The zero-order valence-electron chi connectivity index (χ0n) is 11.7. The van der Waals surface area contributed by atoms with Gasteiger partial charge in [0.05, 0.1) is 11.5 Å². The molecule has 0 fully saturated rings. The minimum absolute atomic E-state index is 0.377. The molecule has 0 bridgehead atoms. The van der Waals surface area contributed by atoms with E-state index in [0.29, 0.717) is 5.56 Å². The van der Waals surface area contributed by atoms with Crippen molar-refractivity contribution in [1.82, 2.24) is 0 Å². The molecule has 0 amide bonds. The van der Waals surface area contributed by atoms with Gasteiger partial charge in [-0.1, -0.05) is 48.5 Å². The van der Waals surface area contributed by atoms with Gasteiger partial charge in [0.1, 0.15) is 0 Å². The van der Waals surface area contributed by atoms with Crippen LogP contribution in [0.25, 0.3) is 0 Å². The average Bonchev–Trinajstić information content (AvgIpc) is 2.52. The molecule has 1 atom stereocenters. The first-order chi connectivity index (χ1) is 10.8. The number of hydrogen-bond acceptors (Lipinski definition) is 4. The maximum Gasteiger partial charge on any atom is 0.441 e. The van der Waals surface area contributed by atoms with Gasteiger partial charge in [0.25, 0.3) is 16.4 Å². The van der Waals surface area contributed by atoms with Gasteiger partial charge in [0.2, 0.25) is 0 Å². The standard InChI is InChI=1S/C15H13F3O4S/c16-15(17,18)14(21-11-12-7-3-1-4-8-12)22-23(19,20)13-9-5-2-6-10-13/h1-10,14H,11H2/t14-/m0/s1. The second-order valence-electron chi connectivity index (χ2n) is 4.53. The normalized spacial score (nSPS) is 13.7. The number of hydrogen-bond donors (Lipinski definition) is 0. The fourth-order valence-electron chi connectivity index (χ4n) is 1.68. The van der Waals surface area contributed by atoms with Crippen molar-refractivity contribution in [2.75, 3.05) is 0 Å². The Morgan fingerprint density at radius 3 is 1.96 bits per heavy atom. The number of benzene rings is 2. The maximum atomic E-state index is 13.0. The molecule has 4 nitrogen and oxygen atoms in total. The molecule has 2 rings (SSSR count). The van der Waals surface area contributed by atoms with Gasteiger partial charge < -0.3 is 4.74 Å². The van der Waals surface area contributed by atoms with Crippen LogP contribution in [0.3, 0.4) is 0 Å². The molecule has 8 heteroatoms. The van der Waals surface area contributed by atoms with Crippen LogP contribution >= 0.6 is 0 Å². The zero-order chi connectivity index (χ0) is 16.9. The van der Waals surface area contributed by atoms with Crippen molar-refractivity contribution >= 4 is 10.1 Å². The first-order valence-electron chi connectivity index (χ1n) is 6.49. The Kier molecular flexibility index (Phi) is 5.40. The number of halogens is 3. The Morgan fingerprint density at radius 1 is 0.913 bits per heavy atom. The lowest BCUT2D eigenvalue weighted by Gasteiger charge is -2.20. The van der Waals surface area contributed by atoms with Gasteiger partial charge in [0, 0.05) is 0 Å². The molecule has 124 valence electrons. The molecule has 2 aromatic rings. The second kappa shape index (κ2) is 7.12. The van der Waals surface area contributed by atoms with Gasteiger partial charge in [-0.05, 0) is 17.7 Å². The van der Waals surface area contributed by atoms with E-state index in [1.54, 1.807) is 30.3 Å². The van der Waals surface area contributed by atoms with E-state index < -0.39 is 29.2 Å². The average molecular weight is 346 g/mol. The summed E-state index contributed by atoms with van der Waals surface area (Å²) in [6, 6.07) is 14.6. The molecule has 0 spiro atoms. The molecule has 0 unspecified atom stereocenters. The monoisotopic (exact) mass is 346 g/mol. The van der Waals surface area contributed by atoms with Crippen LogP contribution < -0.4 is 0 Å². The van der Waals surface area contributed by atoms with Crippen LogP contribution in [0, 0.1) is 0 Å². The highest BCUT2D eigenvalue weighted by Crippen LogP contribution is 2.28. The van der Waals surface area contributed by atoms with Gasteiger partial charge >= 0.3 is 6.18 Å². The molecular formula is C15H13F3O4S. The summed E-state index contributed by atoms with van der Waals surface area (Å²) in [6.07, 6.45) is -7.87. The minimum atomic E-state index is -4.99. The molecule has 0 saturated heterocycles. The lowest BCUT2D eigenvalue weighted by atomic mass is 10.2. The van der Waals surface area contributed by atoms with Crippen LogP contribution in [0.2, 0.25) is 0 Å². The van der Waals surface area contributed by atoms with Crippen molar-refractivity contribution in [1.29, 1.82) is 0 Å². The summed E-state index contributed by atoms with van der Waals surface area (Å²) in [5.74, 6) is 0. The summed E-state index contributed by atoms with van der Waals surface area (Å²) >= 11 is 0. The van der Waals surface area contributed by atoms with E-state index in [-0.39, 0.29) is 4.90 Å². The zero-order valence-corrected chi connectivity index (χ0v) is 12.5. The Balaban J connectivity index is 2.13. The predicted octanol–water partition coefficient (Wildman–Crippen LogP) is 3.50. The van der Waals surface area contributed by atoms with Gasteiger partial charge in [-0.15, -0.1) is 0 Å². The van der Waals surface area contributed by atoms with Crippen LogP contribution in [0.5, 0.6) is 0 Å². The Morgan fingerprint density at radius 2 is 1.43 bits per heavy atom. The molecule has 0 aliphatic carbocycles. The first-order valence-corrected chi connectivity index (χ1v) is 7.90. The number of rotatable bonds is 6. The fourth-order valence-corrected chi connectivity index (χ4v) is 2.68. The summed E-state index contributed by atoms with van der Waals surface area (Å²) in [5, 5.41) is 0. The molecular weight excluding hydrogens is 333 g/mol. The summed E-state index contributed by atoms with van der Waals surface area (Å²) < 4.78 is 71.5. The Hall–Kier alpha value is -1.90. The van der Waals surface area contributed by atoms with Gasteiger partial charge in [-0.25, -0.2) is 4.18 Å². The quantitative estimate of drug-likeness (QED) is 0.593. The topological polar surface area (TPSA) is 52.6 Å². The Bertz CT molecular complexity index is 715. The Labute approximate surface area is 131 Å².